The molecule has 0 heterocycles. The summed E-state index contributed by atoms with van der Waals surface area (Å²) in [6, 6.07) is 4.22. The molecule has 0 fully saturated rings. The van der Waals surface area contributed by atoms with Crippen molar-refractivity contribution in [3.05, 3.63) is 29.6 Å². The summed E-state index contributed by atoms with van der Waals surface area (Å²) in [6.07, 6.45) is 0.528. The van der Waals surface area contributed by atoms with E-state index in [4.69, 9.17) is 9.84 Å². The molecule has 5 heteroatoms. The van der Waals surface area contributed by atoms with E-state index in [1.165, 1.54) is 12.1 Å². The van der Waals surface area contributed by atoms with Crippen LogP contribution in [0.4, 0.5) is 4.39 Å². The monoisotopic (exact) mass is 257 g/mol. The van der Waals surface area contributed by atoms with Crippen LogP contribution in [0, 0.1) is 5.82 Å². The van der Waals surface area contributed by atoms with Crippen LogP contribution >= 0.6 is 0 Å². The van der Waals surface area contributed by atoms with E-state index in [1.807, 2.05) is 0 Å². The van der Waals surface area contributed by atoms with Crippen LogP contribution in [0.3, 0.4) is 0 Å². The van der Waals surface area contributed by atoms with E-state index in [9.17, 15) is 9.50 Å². The van der Waals surface area contributed by atoms with Gasteiger partial charge >= 0.3 is 0 Å². The fourth-order valence-electron chi connectivity index (χ4n) is 1.55. The summed E-state index contributed by atoms with van der Waals surface area (Å²) in [5.41, 5.74) is -0.140. The van der Waals surface area contributed by atoms with Gasteiger partial charge in [0.2, 0.25) is 0 Å². The third kappa shape index (κ3) is 5.00. The molecule has 3 N–H and O–H groups in total. The van der Waals surface area contributed by atoms with Gasteiger partial charge in [-0.1, -0.05) is 6.07 Å². The summed E-state index contributed by atoms with van der Waals surface area (Å²) in [5, 5.41) is 22.1. The summed E-state index contributed by atoms with van der Waals surface area (Å²) in [6.45, 7) is 3.03. The summed E-state index contributed by atoms with van der Waals surface area (Å²) < 4.78 is 18.0. The van der Waals surface area contributed by atoms with Gasteiger partial charge in [-0.15, -0.1) is 0 Å². The average molecular weight is 257 g/mol. The van der Waals surface area contributed by atoms with Crippen LogP contribution in [0.2, 0.25) is 0 Å². The molecule has 1 atom stereocenters. The number of nitrogens with one attached hydrogen (secondary N) is 1. The van der Waals surface area contributed by atoms with Crippen LogP contribution in [0.25, 0.3) is 0 Å². The molecule has 0 aromatic heterocycles. The summed E-state index contributed by atoms with van der Waals surface area (Å²) >= 11 is 0. The lowest BCUT2D eigenvalue weighted by Crippen LogP contribution is -2.38. The maximum Gasteiger partial charge on any atom is 0.165 e. The lowest BCUT2D eigenvalue weighted by molar-refractivity contribution is 0.0247. The molecular formula is C13H20FNO3. The number of phenolic OH excluding ortho intramolecular Hbond substituents is 1. The van der Waals surface area contributed by atoms with E-state index in [-0.39, 0.29) is 5.75 Å². The van der Waals surface area contributed by atoms with Gasteiger partial charge in [-0.3, -0.25) is 0 Å². The van der Waals surface area contributed by atoms with Crippen LogP contribution in [0.5, 0.6) is 5.75 Å². The lowest BCUT2D eigenvalue weighted by Gasteiger charge is -2.23. The van der Waals surface area contributed by atoms with Gasteiger partial charge in [-0.2, -0.15) is 0 Å². The van der Waals surface area contributed by atoms with Crippen LogP contribution in [0.15, 0.2) is 18.2 Å². The molecule has 1 aromatic rings. The van der Waals surface area contributed by atoms with E-state index in [1.54, 1.807) is 20.1 Å². The Morgan fingerprint density at radius 1 is 1.44 bits per heavy atom. The highest BCUT2D eigenvalue weighted by atomic mass is 19.1. The first kappa shape index (κ1) is 14.9. The number of aliphatic hydroxyl groups is 1. The second-order valence-corrected chi connectivity index (χ2v) is 4.63. The lowest BCUT2D eigenvalue weighted by atomic mass is 10.0. The molecule has 0 saturated carbocycles. The largest absolute Gasteiger partial charge is 0.505 e. The molecule has 0 aliphatic rings. The van der Waals surface area contributed by atoms with E-state index in [0.29, 0.717) is 31.7 Å². The molecule has 102 valence electrons. The minimum Gasteiger partial charge on any atom is -0.505 e. The molecule has 1 rings (SSSR count). The van der Waals surface area contributed by atoms with Gasteiger partial charge in [0.25, 0.3) is 0 Å². The van der Waals surface area contributed by atoms with Gasteiger partial charge in [-0.25, -0.2) is 4.39 Å². The Bertz CT molecular complexity index is 382. The first-order chi connectivity index (χ1) is 8.44. The SMILES string of the molecule is COCCC(C)(O)CNCc1ccc(O)c(F)c1. The maximum absolute atomic E-state index is 13.1. The molecule has 0 radical (unpaired) electrons. The van der Waals surface area contributed by atoms with Gasteiger partial charge in [0.05, 0.1) is 5.60 Å². The minimum absolute atomic E-state index is 0.356. The number of hydrogen-bond donors (Lipinski definition) is 3. The van der Waals surface area contributed by atoms with Gasteiger partial charge in [0.1, 0.15) is 0 Å². The first-order valence-electron chi connectivity index (χ1n) is 5.84. The van der Waals surface area contributed by atoms with Crippen LogP contribution in [0.1, 0.15) is 18.9 Å². The zero-order valence-electron chi connectivity index (χ0n) is 10.7. The van der Waals surface area contributed by atoms with Crippen LogP contribution in [-0.4, -0.2) is 36.1 Å². The summed E-state index contributed by atoms with van der Waals surface area (Å²) in [4.78, 5) is 0. The Balaban J connectivity index is 2.39. The molecular weight excluding hydrogens is 237 g/mol. The predicted octanol–water partition coefficient (Wildman–Crippen LogP) is 1.41. The molecule has 0 saturated heterocycles. The highest BCUT2D eigenvalue weighted by Crippen LogP contribution is 2.16. The number of hydrogen-bond acceptors (Lipinski definition) is 4. The molecule has 0 aliphatic heterocycles. The first-order valence-corrected chi connectivity index (χ1v) is 5.84. The Morgan fingerprint density at radius 2 is 2.17 bits per heavy atom. The predicted molar refractivity (Wildman–Crippen MR) is 66.9 cm³/mol. The third-order valence-corrected chi connectivity index (χ3v) is 2.69. The number of methoxy groups -OCH3 is 1. The highest BCUT2D eigenvalue weighted by molar-refractivity contribution is 5.27. The molecule has 1 aromatic carbocycles. The smallest absolute Gasteiger partial charge is 0.165 e. The second-order valence-electron chi connectivity index (χ2n) is 4.63. The van der Waals surface area contributed by atoms with Crippen molar-refractivity contribution in [2.24, 2.45) is 0 Å². The van der Waals surface area contributed by atoms with E-state index < -0.39 is 11.4 Å². The zero-order valence-corrected chi connectivity index (χ0v) is 10.7. The maximum atomic E-state index is 13.1. The van der Waals surface area contributed by atoms with Crippen molar-refractivity contribution in [2.75, 3.05) is 20.3 Å². The van der Waals surface area contributed by atoms with Crippen molar-refractivity contribution in [1.29, 1.82) is 0 Å². The number of phenols is 1. The molecule has 4 nitrogen and oxygen atoms in total. The number of aromatic hydroxyl groups is 1. The van der Waals surface area contributed by atoms with Crippen molar-refractivity contribution in [1.82, 2.24) is 5.32 Å². The number of halogens is 1. The van der Waals surface area contributed by atoms with Crippen molar-refractivity contribution in [2.45, 2.75) is 25.5 Å². The van der Waals surface area contributed by atoms with Gasteiger partial charge in [-0.05, 0) is 24.6 Å². The second kappa shape index (κ2) is 6.68. The fraction of sp³-hybridized carbons (Fsp3) is 0.538. The van der Waals surface area contributed by atoms with Crippen molar-refractivity contribution in [3.63, 3.8) is 0 Å². The molecule has 18 heavy (non-hydrogen) atoms. The highest BCUT2D eigenvalue weighted by Gasteiger charge is 2.19. The number of rotatable bonds is 7. The zero-order chi connectivity index (χ0) is 13.6. The van der Waals surface area contributed by atoms with Crippen LogP contribution < -0.4 is 5.32 Å². The van der Waals surface area contributed by atoms with E-state index >= 15 is 0 Å². The average Bonchev–Trinajstić information content (AvgIpc) is 2.31. The van der Waals surface area contributed by atoms with Crippen LogP contribution in [-0.2, 0) is 11.3 Å². The van der Waals surface area contributed by atoms with E-state index in [0.717, 1.165) is 0 Å². The third-order valence-electron chi connectivity index (χ3n) is 2.69. The molecule has 0 bridgehead atoms. The Hall–Kier alpha value is -1.17. The topological polar surface area (TPSA) is 61.7 Å². The molecule has 0 amide bonds. The van der Waals surface area contributed by atoms with Crippen molar-refractivity contribution < 1.29 is 19.3 Å². The van der Waals surface area contributed by atoms with E-state index in [2.05, 4.69) is 5.32 Å². The Kier molecular flexibility index (Phi) is 5.53. The normalized spacial score (nSPS) is 14.4. The van der Waals surface area contributed by atoms with Crippen molar-refractivity contribution in [3.8, 4) is 5.75 Å². The standard InChI is InChI=1S/C13H20FNO3/c1-13(17,5-6-18-2)9-15-8-10-3-4-12(16)11(14)7-10/h3-4,7,15-17H,5-6,8-9H2,1-2H3. The molecule has 0 spiro atoms. The van der Waals surface area contributed by atoms with Crippen molar-refractivity contribution >= 4 is 0 Å². The minimum atomic E-state index is -0.856. The number of benzene rings is 1. The Labute approximate surface area is 106 Å². The van der Waals surface area contributed by atoms with Gasteiger partial charge in [0.15, 0.2) is 11.6 Å². The van der Waals surface area contributed by atoms with Gasteiger partial charge < -0.3 is 20.3 Å². The number of ether oxygens (including phenoxy) is 1. The quantitative estimate of drug-likeness (QED) is 0.691. The summed E-state index contributed by atoms with van der Waals surface area (Å²) in [7, 11) is 1.59. The fourth-order valence-corrected chi connectivity index (χ4v) is 1.55. The summed E-state index contributed by atoms with van der Waals surface area (Å²) in [5.74, 6) is -0.994. The van der Waals surface area contributed by atoms with Gasteiger partial charge in [0, 0.05) is 33.2 Å². The molecule has 1 unspecified atom stereocenters. The Morgan fingerprint density at radius 3 is 2.78 bits per heavy atom. The molecule has 0 aliphatic carbocycles.